The molecule has 0 fully saturated rings. The number of primary amides is 1. The van der Waals surface area contributed by atoms with Gasteiger partial charge in [0.15, 0.2) is 0 Å². The molecule has 0 saturated heterocycles. The molecule has 2 N–H and O–H groups in total. The molecule has 0 aliphatic heterocycles. The normalized spacial score (nSPS) is 11.5. The molecule has 2 rings (SSSR count). The van der Waals surface area contributed by atoms with Gasteiger partial charge in [-0.25, -0.2) is 4.79 Å². The number of fused-ring (bicyclic) bond motifs is 1. The minimum atomic E-state index is -0.763. The number of hydrogen-bond acceptors (Lipinski definition) is 3. The molecule has 0 saturated carbocycles. The molecular weight excluding hydrogens is 308 g/mol. The van der Waals surface area contributed by atoms with Crippen molar-refractivity contribution in [1.29, 1.82) is 0 Å². The van der Waals surface area contributed by atoms with Crippen molar-refractivity contribution in [3.63, 3.8) is 0 Å². The van der Waals surface area contributed by atoms with Gasteiger partial charge in [-0.3, -0.25) is 4.98 Å². The number of halogens is 1. The van der Waals surface area contributed by atoms with Gasteiger partial charge in [-0.2, -0.15) is 0 Å². The van der Waals surface area contributed by atoms with Crippen molar-refractivity contribution in [3.05, 3.63) is 40.5 Å². The van der Waals surface area contributed by atoms with Crippen molar-refractivity contribution >= 4 is 32.9 Å². The van der Waals surface area contributed by atoms with E-state index in [1.807, 2.05) is 38.1 Å². The molecule has 1 aromatic carbocycles. The lowest BCUT2D eigenvalue weighted by atomic mass is 9.98. The number of pyridine rings is 1. The van der Waals surface area contributed by atoms with Crippen LogP contribution >= 0.6 is 15.9 Å². The molecular formula is C14H15BrN2O2. The Balaban J connectivity index is 2.28. The zero-order valence-corrected chi connectivity index (χ0v) is 12.4. The first kappa shape index (κ1) is 13.8. The summed E-state index contributed by atoms with van der Waals surface area (Å²) in [6.07, 6.45) is 1.59. The van der Waals surface area contributed by atoms with E-state index in [4.69, 9.17) is 10.5 Å². The summed E-state index contributed by atoms with van der Waals surface area (Å²) in [5, 5.41) is 1.04. The van der Waals surface area contributed by atoms with E-state index in [1.165, 1.54) is 0 Å². The number of nitrogens with two attached hydrogens (primary N) is 1. The van der Waals surface area contributed by atoms with Crippen LogP contribution < -0.4 is 5.73 Å². The number of amides is 1. The monoisotopic (exact) mass is 322 g/mol. The smallest absolute Gasteiger partial charge is 0.405 e. The predicted octanol–water partition coefficient (Wildman–Crippen LogP) is 3.41. The van der Waals surface area contributed by atoms with Crippen LogP contribution in [0.3, 0.4) is 0 Å². The van der Waals surface area contributed by atoms with E-state index in [9.17, 15) is 4.79 Å². The molecule has 1 amide bonds. The van der Waals surface area contributed by atoms with Gasteiger partial charge in [0.05, 0.1) is 5.52 Å². The van der Waals surface area contributed by atoms with Gasteiger partial charge in [-0.15, -0.1) is 0 Å². The Kier molecular flexibility index (Phi) is 3.75. The fourth-order valence-corrected chi connectivity index (χ4v) is 2.42. The molecule has 0 atom stereocenters. The Bertz CT molecular complexity index is 626. The quantitative estimate of drug-likeness (QED) is 0.941. The van der Waals surface area contributed by atoms with E-state index in [-0.39, 0.29) is 0 Å². The number of ether oxygens (including phenoxy) is 1. The number of benzene rings is 1. The zero-order chi connectivity index (χ0) is 14.0. The lowest BCUT2D eigenvalue weighted by molar-refractivity contribution is 0.0460. The van der Waals surface area contributed by atoms with Crippen LogP contribution in [0.15, 0.2) is 34.9 Å². The maximum atomic E-state index is 10.8. The second kappa shape index (κ2) is 5.17. The highest BCUT2D eigenvalue weighted by Crippen LogP contribution is 2.22. The maximum absolute atomic E-state index is 10.8. The third-order valence-corrected chi connectivity index (χ3v) is 3.20. The summed E-state index contributed by atoms with van der Waals surface area (Å²) in [5.41, 5.74) is 6.34. The van der Waals surface area contributed by atoms with Crippen LogP contribution in [0.2, 0.25) is 0 Å². The standard InChI is InChI=1S/C14H15BrN2O2/c1-14(2,19-13(16)18)7-9-5-10-6-11(15)3-4-12(10)17-8-9/h3-6,8H,7H2,1-2H3,(H2,16,18). The minimum absolute atomic E-state index is 0.561. The largest absolute Gasteiger partial charge is 0.443 e. The van der Waals surface area contributed by atoms with Gasteiger partial charge in [0.2, 0.25) is 0 Å². The van der Waals surface area contributed by atoms with Crippen molar-refractivity contribution in [2.75, 3.05) is 0 Å². The number of carbonyl (C=O) groups is 1. The third kappa shape index (κ3) is 3.67. The number of nitrogens with zero attached hydrogens (tertiary/aromatic N) is 1. The zero-order valence-electron chi connectivity index (χ0n) is 10.8. The molecule has 2 aromatic rings. The number of carbonyl (C=O) groups excluding carboxylic acids is 1. The van der Waals surface area contributed by atoms with Gasteiger partial charge in [0.1, 0.15) is 5.60 Å². The first-order chi connectivity index (χ1) is 8.85. The SMILES string of the molecule is CC(C)(Cc1cnc2ccc(Br)cc2c1)OC(N)=O. The van der Waals surface area contributed by atoms with Crippen LogP contribution in [0.1, 0.15) is 19.4 Å². The average molecular weight is 323 g/mol. The van der Waals surface area contributed by atoms with E-state index < -0.39 is 11.7 Å². The lowest BCUT2D eigenvalue weighted by Gasteiger charge is -2.23. The molecule has 0 aliphatic carbocycles. The topological polar surface area (TPSA) is 65.2 Å². The fraction of sp³-hybridized carbons (Fsp3) is 0.286. The van der Waals surface area contributed by atoms with Crippen molar-refractivity contribution in [3.8, 4) is 0 Å². The summed E-state index contributed by atoms with van der Waals surface area (Å²) in [6, 6.07) is 7.95. The van der Waals surface area contributed by atoms with E-state index in [0.29, 0.717) is 6.42 Å². The summed E-state index contributed by atoms with van der Waals surface area (Å²) < 4.78 is 6.09. The third-order valence-electron chi connectivity index (χ3n) is 2.71. The second-order valence-corrected chi connectivity index (χ2v) is 5.95. The van der Waals surface area contributed by atoms with Crippen LogP contribution in [0.25, 0.3) is 10.9 Å². The van der Waals surface area contributed by atoms with E-state index in [2.05, 4.69) is 20.9 Å². The van der Waals surface area contributed by atoms with Crippen molar-refractivity contribution < 1.29 is 9.53 Å². The van der Waals surface area contributed by atoms with Crippen molar-refractivity contribution in [2.24, 2.45) is 5.73 Å². The highest BCUT2D eigenvalue weighted by Gasteiger charge is 2.22. The predicted molar refractivity (Wildman–Crippen MR) is 77.9 cm³/mol. The average Bonchev–Trinajstić information content (AvgIpc) is 2.25. The minimum Gasteiger partial charge on any atom is -0.443 e. The molecule has 4 nitrogen and oxygen atoms in total. The summed E-state index contributed by atoms with van der Waals surface area (Å²) in [7, 11) is 0. The highest BCUT2D eigenvalue weighted by atomic mass is 79.9. The van der Waals surface area contributed by atoms with Gasteiger partial charge >= 0.3 is 6.09 Å². The Morgan fingerprint density at radius 2 is 2.16 bits per heavy atom. The molecule has 0 unspecified atom stereocenters. The first-order valence-electron chi connectivity index (χ1n) is 5.88. The van der Waals surface area contributed by atoms with Gasteiger partial charge < -0.3 is 10.5 Å². The Morgan fingerprint density at radius 1 is 1.42 bits per heavy atom. The van der Waals surface area contributed by atoms with Gasteiger partial charge in [-0.1, -0.05) is 15.9 Å². The van der Waals surface area contributed by atoms with Crippen LogP contribution in [-0.4, -0.2) is 16.7 Å². The molecule has 0 aliphatic rings. The molecule has 1 aromatic heterocycles. The fourth-order valence-electron chi connectivity index (χ4n) is 2.04. The summed E-state index contributed by atoms with van der Waals surface area (Å²) in [5.74, 6) is 0. The summed E-state index contributed by atoms with van der Waals surface area (Å²) >= 11 is 3.44. The molecule has 19 heavy (non-hydrogen) atoms. The Hall–Kier alpha value is -1.62. The van der Waals surface area contributed by atoms with Gasteiger partial charge in [0.25, 0.3) is 0 Å². The van der Waals surface area contributed by atoms with Crippen molar-refractivity contribution in [2.45, 2.75) is 25.9 Å². The molecule has 0 bridgehead atoms. The molecule has 100 valence electrons. The summed E-state index contributed by atoms with van der Waals surface area (Å²) in [4.78, 5) is 15.2. The maximum Gasteiger partial charge on any atom is 0.405 e. The van der Waals surface area contributed by atoms with Crippen LogP contribution in [0.4, 0.5) is 4.79 Å². The second-order valence-electron chi connectivity index (χ2n) is 5.04. The summed E-state index contributed by atoms with van der Waals surface area (Å²) in [6.45, 7) is 3.64. The van der Waals surface area contributed by atoms with Crippen LogP contribution in [-0.2, 0) is 11.2 Å². The Morgan fingerprint density at radius 3 is 2.84 bits per heavy atom. The van der Waals surface area contributed by atoms with E-state index in [1.54, 1.807) is 6.20 Å². The number of rotatable bonds is 3. The molecule has 0 spiro atoms. The number of hydrogen-bond donors (Lipinski definition) is 1. The van der Waals surface area contributed by atoms with E-state index >= 15 is 0 Å². The lowest BCUT2D eigenvalue weighted by Crippen LogP contribution is -2.33. The van der Waals surface area contributed by atoms with Gasteiger partial charge in [-0.05, 0) is 43.7 Å². The Labute approximate surface area is 120 Å². The van der Waals surface area contributed by atoms with Crippen LogP contribution in [0.5, 0.6) is 0 Å². The first-order valence-corrected chi connectivity index (χ1v) is 6.68. The van der Waals surface area contributed by atoms with E-state index in [0.717, 1.165) is 20.9 Å². The highest BCUT2D eigenvalue weighted by molar-refractivity contribution is 9.10. The molecule has 5 heteroatoms. The molecule has 1 heterocycles. The van der Waals surface area contributed by atoms with Gasteiger partial charge in [0, 0.05) is 22.5 Å². The molecule has 0 radical (unpaired) electrons. The number of aromatic nitrogens is 1. The van der Waals surface area contributed by atoms with Crippen LogP contribution in [0, 0.1) is 0 Å². The van der Waals surface area contributed by atoms with Crippen molar-refractivity contribution in [1.82, 2.24) is 4.98 Å².